The maximum absolute atomic E-state index is 9.66. The molecule has 1 atom stereocenters. The lowest BCUT2D eigenvalue weighted by atomic mass is 10.3. The first-order valence-electron chi connectivity index (χ1n) is 2.99. The number of hydrogen-bond donors (Lipinski definition) is 2. The molecule has 1 rings (SSSR count). The number of hydroxylamine groups is 1. The van der Waals surface area contributed by atoms with Crippen LogP contribution in [0.1, 0.15) is 6.42 Å². The predicted octanol–water partition coefficient (Wildman–Crippen LogP) is -0.974. The first kappa shape index (κ1) is 6.51. The lowest BCUT2D eigenvalue weighted by molar-refractivity contribution is -0.136. The van der Waals surface area contributed by atoms with Crippen molar-refractivity contribution >= 4 is 6.47 Å². The smallest absolute Gasteiger partial charge is 0.312 e. The molecule has 0 saturated carbocycles. The first-order valence-corrected chi connectivity index (χ1v) is 2.99. The lowest BCUT2D eigenvalue weighted by Gasteiger charge is -2.05. The topological polar surface area (TPSA) is 50.4 Å². The van der Waals surface area contributed by atoms with E-state index in [1.54, 1.807) is 0 Å². The average molecular weight is 130 g/mol. The molecular weight excluding hydrogens is 120 g/mol. The summed E-state index contributed by atoms with van der Waals surface area (Å²) in [6.45, 7) is 2.28. The average Bonchev–Trinajstić information content (AvgIpc) is 2.34. The van der Waals surface area contributed by atoms with E-state index < -0.39 is 0 Å². The Labute approximate surface area is 53.5 Å². The summed E-state index contributed by atoms with van der Waals surface area (Å²) in [4.78, 5) is 14.0. The summed E-state index contributed by atoms with van der Waals surface area (Å²) in [7, 11) is 0. The van der Waals surface area contributed by atoms with Gasteiger partial charge >= 0.3 is 6.47 Å². The minimum absolute atomic E-state index is 0.301. The van der Waals surface area contributed by atoms with E-state index in [1.807, 2.05) is 0 Å². The van der Waals surface area contributed by atoms with Crippen LogP contribution in [-0.4, -0.2) is 25.6 Å². The van der Waals surface area contributed by atoms with E-state index in [-0.39, 0.29) is 0 Å². The fourth-order valence-corrected chi connectivity index (χ4v) is 0.879. The SMILES string of the molecule is O=CON[C@@H]1CCNC1. The van der Waals surface area contributed by atoms with Crippen LogP contribution < -0.4 is 10.8 Å². The van der Waals surface area contributed by atoms with Crippen LogP contribution in [0.2, 0.25) is 0 Å². The molecule has 1 aliphatic heterocycles. The third-order valence-electron chi connectivity index (χ3n) is 1.34. The monoisotopic (exact) mass is 130 g/mol. The summed E-state index contributed by atoms with van der Waals surface area (Å²) in [5.74, 6) is 0. The van der Waals surface area contributed by atoms with Crippen LogP contribution in [-0.2, 0) is 9.63 Å². The van der Waals surface area contributed by atoms with Gasteiger partial charge in [-0.3, -0.25) is 4.79 Å². The highest BCUT2D eigenvalue weighted by Gasteiger charge is 2.13. The lowest BCUT2D eigenvalue weighted by Crippen LogP contribution is -2.30. The number of carbonyl (C=O) groups is 1. The highest BCUT2D eigenvalue weighted by Crippen LogP contribution is 1.95. The van der Waals surface area contributed by atoms with E-state index in [0.717, 1.165) is 19.5 Å². The Bertz CT molecular complexity index is 91.0. The number of rotatable bonds is 3. The Hall–Kier alpha value is -0.610. The molecule has 0 radical (unpaired) electrons. The zero-order chi connectivity index (χ0) is 6.53. The summed E-state index contributed by atoms with van der Waals surface area (Å²) >= 11 is 0. The summed E-state index contributed by atoms with van der Waals surface area (Å²) in [5.41, 5.74) is 2.60. The maximum atomic E-state index is 9.66. The van der Waals surface area contributed by atoms with Crippen molar-refractivity contribution in [3.8, 4) is 0 Å². The molecule has 1 aliphatic rings. The zero-order valence-corrected chi connectivity index (χ0v) is 5.09. The Morgan fingerprint density at radius 3 is 3.22 bits per heavy atom. The molecule has 4 heteroatoms. The highest BCUT2D eigenvalue weighted by molar-refractivity contribution is 5.36. The summed E-state index contributed by atoms with van der Waals surface area (Å²) < 4.78 is 0. The van der Waals surface area contributed by atoms with Crippen LogP contribution in [0.25, 0.3) is 0 Å². The van der Waals surface area contributed by atoms with Crippen LogP contribution >= 0.6 is 0 Å². The molecule has 52 valence electrons. The van der Waals surface area contributed by atoms with Gasteiger partial charge in [-0.15, -0.1) is 5.48 Å². The summed E-state index contributed by atoms with van der Waals surface area (Å²) in [5, 5.41) is 3.12. The molecular formula is C5H10N2O2. The van der Waals surface area contributed by atoms with E-state index in [9.17, 15) is 4.79 Å². The first-order chi connectivity index (χ1) is 4.43. The van der Waals surface area contributed by atoms with E-state index >= 15 is 0 Å². The van der Waals surface area contributed by atoms with Crippen molar-refractivity contribution in [3.05, 3.63) is 0 Å². The van der Waals surface area contributed by atoms with Gasteiger partial charge in [-0.2, -0.15) is 0 Å². The van der Waals surface area contributed by atoms with E-state index in [4.69, 9.17) is 0 Å². The second-order valence-corrected chi connectivity index (χ2v) is 2.02. The van der Waals surface area contributed by atoms with Gasteiger partial charge < -0.3 is 10.2 Å². The van der Waals surface area contributed by atoms with Gasteiger partial charge in [0.15, 0.2) is 0 Å². The molecule has 0 aliphatic carbocycles. The third-order valence-corrected chi connectivity index (χ3v) is 1.34. The number of carbonyl (C=O) groups excluding carboxylic acids is 1. The van der Waals surface area contributed by atoms with Crippen LogP contribution in [0.3, 0.4) is 0 Å². The predicted molar refractivity (Wildman–Crippen MR) is 31.6 cm³/mol. The molecule has 0 aromatic carbocycles. The molecule has 0 aromatic rings. The third kappa shape index (κ3) is 1.99. The van der Waals surface area contributed by atoms with E-state index in [0.29, 0.717) is 12.5 Å². The summed E-state index contributed by atoms with van der Waals surface area (Å²) in [6, 6.07) is 0.301. The Balaban J connectivity index is 2.04. The fraction of sp³-hybridized carbons (Fsp3) is 0.800. The Morgan fingerprint density at radius 2 is 2.67 bits per heavy atom. The van der Waals surface area contributed by atoms with Gasteiger partial charge in [0, 0.05) is 6.54 Å². The minimum atomic E-state index is 0.301. The fourth-order valence-electron chi connectivity index (χ4n) is 0.879. The second-order valence-electron chi connectivity index (χ2n) is 2.02. The standard InChI is InChI=1S/C5H10N2O2/c8-4-9-7-5-1-2-6-3-5/h4-7H,1-3H2/t5-/m1/s1. The Kier molecular flexibility index (Phi) is 2.48. The van der Waals surface area contributed by atoms with Crippen molar-refractivity contribution in [1.82, 2.24) is 10.8 Å². The molecule has 1 fully saturated rings. The van der Waals surface area contributed by atoms with Crippen molar-refractivity contribution in [3.63, 3.8) is 0 Å². The second kappa shape index (κ2) is 3.42. The number of hydrogen-bond acceptors (Lipinski definition) is 4. The van der Waals surface area contributed by atoms with Gasteiger partial charge in [0.05, 0.1) is 6.04 Å². The molecule has 0 amide bonds. The van der Waals surface area contributed by atoms with Crippen LogP contribution in [0, 0.1) is 0 Å². The van der Waals surface area contributed by atoms with Crippen LogP contribution in [0.4, 0.5) is 0 Å². The molecule has 2 N–H and O–H groups in total. The van der Waals surface area contributed by atoms with Gasteiger partial charge in [0.1, 0.15) is 0 Å². The van der Waals surface area contributed by atoms with Crippen molar-refractivity contribution < 1.29 is 9.63 Å². The van der Waals surface area contributed by atoms with Crippen LogP contribution in [0.15, 0.2) is 0 Å². The molecule has 1 saturated heterocycles. The molecule has 0 spiro atoms. The molecule has 0 unspecified atom stereocenters. The molecule has 0 bridgehead atoms. The molecule has 9 heavy (non-hydrogen) atoms. The molecule has 1 heterocycles. The molecule has 4 nitrogen and oxygen atoms in total. The van der Waals surface area contributed by atoms with Crippen molar-refractivity contribution in [2.75, 3.05) is 13.1 Å². The van der Waals surface area contributed by atoms with Crippen LogP contribution in [0.5, 0.6) is 0 Å². The summed E-state index contributed by atoms with van der Waals surface area (Å²) in [6.07, 6.45) is 1.02. The van der Waals surface area contributed by atoms with E-state index in [2.05, 4.69) is 15.6 Å². The van der Waals surface area contributed by atoms with Gasteiger partial charge in [-0.25, -0.2) is 0 Å². The van der Waals surface area contributed by atoms with Gasteiger partial charge in [0.25, 0.3) is 0 Å². The van der Waals surface area contributed by atoms with Gasteiger partial charge in [-0.1, -0.05) is 0 Å². The maximum Gasteiger partial charge on any atom is 0.312 e. The normalized spacial score (nSPS) is 26.0. The quantitative estimate of drug-likeness (QED) is 0.381. The molecule has 0 aromatic heterocycles. The van der Waals surface area contributed by atoms with Crippen molar-refractivity contribution in [1.29, 1.82) is 0 Å². The van der Waals surface area contributed by atoms with Gasteiger partial charge in [0.2, 0.25) is 0 Å². The zero-order valence-electron chi connectivity index (χ0n) is 5.09. The van der Waals surface area contributed by atoms with Gasteiger partial charge in [-0.05, 0) is 13.0 Å². The van der Waals surface area contributed by atoms with E-state index in [1.165, 1.54) is 0 Å². The highest BCUT2D eigenvalue weighted by atomic mass is 16.7. The number of nitrogens with one attached hydrogen (secondary N) is 2. The largest absolute Gasteiger partial charge is 0.373 e. The minimum Gasteiger partial charge on any atom is -0.373 e. The van der Waals surface area contributed by atoms with Crippen molar-refractivity contribution in [2.24, 2.45) is 0 Å². The van der Waals surface area contributed by atoms with Crippen molar-refractivity contribution in [2.45, 2.75) is 12.5 Å². The Morgan fingerprint density at radius 1 is 1.78 bits per heavy atom.